The highest BCUT2D eigenvalue weighted by molar-refractivity contribution is 7.10. The van der Waals surface area contributed by atoms with Gasteiger partial charge in [-0.15, -0.1) is 11.3 Å². The number of fused-ring (bicyclic) bond motifs is 7. The number of likely N-dealkylation sites (N-methyl/N-ethyl adjacent to an activating group) is 1. The third-order valence-electron chi connectivity index (χ3n) is 14.1. The number of benzene rings is 1. The fraction of sp³-hybridized carbons (Fsp3) is 0.549. The van der Waals surface area contributed by atoms with Crippen molar-refractivity contribution in [1.29, 1.82) is 0 Å². The Morgan fingerprint density at radius 2 is 1.93 bits per heavy atom. The number of aryl methyl sites for hydroxylation is 1. The van der Waals surface area contributed by atoms with Crippen LogP contribution in [0.2, 0.25) is 0 Å². The first kappa shape index (κ1) is 49.7. The van der Waals surface area contributed by atoms with E-state index in [4.69, 9.17) is 24.2 Å². The minimum atomic E-state index is -1.10. The SMILES string of the molecule is C=CC(=O)N1CCO[C@H]2CCN(C(=O)N(C)C(C(=O)N[C@H]3Cc4nc(cs4)-c4ccc5c(c4)c(c(-c4cccnc4[C@H](C)OC)n5CC)CC(C)(C)COC(=O)[C@@H]4CCCN(N4)C3=O)C(C)C)C[C@H]21. The molecule has 1 aromatic carbocycles. The highest BCUT2D eigenvalue weighted by Crippen LogP contribution is 2.42. The van der Waals surface area contributed by atoms with E-state index in [1.807, 2.05) is 32.2 Å². The van der Waals surface area contributed by atoms with E-state index in [9.17, 15) is 24.0 Å². The lowest BCUT2D eigenvalue weighted by molar-refractivity contribution is -0.155. The molecular weight excluding hydrogens is 899 g/mol. The first-order valence-electron chi connectivity index (χ1n) is 24.2. The Bertz CT molecular complexity index is 2590. The van der Waals surface area contributed by atoms with Gasteiger partial charge >= 0.3 is 12.0 Å². The number of aromatic nitrogens is 3. The standard InChI is InChI=1S/C51H67N9O8S/c1-10-43(61)59-22-23-67-41-18-21-57(27-40(41)59)50(65)56(8)45(30(3)4)47(62)54-37-25-42-53-38(28-69-42)32-16-17-39-34(24-32)35(46(58(39)11-2)33-14-12-19-52-44(33)31(5)66-9)26-51(6,7)29-68-49(64)36-15-13-20-60(55-36)48(37)63/h10,12,14,16-17,19,24,28,30-31,36-37,40-41,45,55H,1,11,13,15,18,20-23,25-27,29H2,2-9H3,(H,54,62)/t31-,36-,37-,40+,41-,45?/m0/s1. The van der Waals surface area contributed by atoms with E-state index in [0.717, 1.165) is 44.7 Å². The zero-order chi connectivity index (χ0) is 49.3. The number of piperidine rings is 1. The predicted octanol–water partition coefficient (Wildman–Crippen LogP) is 5.77. The van der Waals surface area contributed by atoms with Crippen molar-refractivity contribution in [2.45, 2.75) is 117 Å². The molecule has 3 fully saturated rings. The van der Waals surface area contributed by atoms with Crippen LogP contribution in [0.25, 0.3) is 33.4 Å². The smallest absolute Gasteiger partial charge is 0.324 e. The van der Waals surface area contributed by atoms with E-state index in [0.29, 0.717) is 63.5 Å². The molecular formula is C51H67N9O8S. The number of cyclic esters (lactones) is 1. The van der Waals surface area contributed by atoms with Gasteiger partial charge in [0.05, 0.1) is 53.6 Å². The van der Waals surface area contributed by atoms with Crippen LogP contribution < -0.4 is 10.7 Å². The lowest BCUT2D eigenvalue weighted by Crippen LogP contribution is -2.65. The number of methoxy groups -OCH3 is 1. The van der Waals surface area contributed by atoms with Crippen LogP contribution in [-0.2, 0) is 52.8 Å². The molecule has 3 aromatic heterocycles. The summed E-state index contributed by atoms with van der Waals surface area (Å²) in [6.45, 7) is 18.3. The van der Waals surface area contributed by atoms with Crippen LogP contribution in [0.4, 0.5) is 4.79 Å². The van der Waals surface area contributed by atoms with Crippen molar-refractivity contribution in [1.82, 2.24) is 45.0 Å². The molecule has 1 unspecified atom stereocenters. The lowest BCUT2D eigenvalue weighted by atomic mass is 9.84. The Labute approximate surface area is 408 Å². The predicted molar refractivity (Wildman–Crippen MR) is 263 cm³/mol. The van der Waals surface area contributed by atoms with Gasteiger partial charge in [0.2, 0.25) is 11.8 Å². The summed E-state index contributed by atoms with van der Waals surface area (Å²) in [6.07, 6.45) is 4.76. The van der Waals surface area contributed by atoms with Gasteiger partial charge < -0.3 is 38.8 Å². The summed E-state index contributed by atoms with van der Waals surface area (Å²) in [4.78, 5) is 85.1. The molecule has 6 atom stereocenters. The second kappa shape index (κ2) is 20.7. The van der Waals surface area contributed by atoms with E-state index in [2.05, 4.69) is 66.9 Å². The molecule has 7 heterocycles. The number of ether oxygens (including phenoxy) is 3. The summed E-state index contributed by atoms with van der Waals surface area (Å²) in [5.74, 6) is -1.96. The highest BCUT2D eigenvalue weighted by atomic mass is 32.1. The number of likely N-dealkylation sites (tertiary alicyclic amines) is 1. The monoisotopic (exact) mass is 965 g/mol. The molecule has 5 amide bonds. The Morgan fingerprint density at radius 1 is 1.13 bits per heavy atom. The molecule has 4 aliphatic rings. The third kappa shape index (κ3) is 10.2. The number of hydrazine groups is 1. The van der Waals surface area contributed by atoms with Gasteiger partial charge in [-0.05, 0) is 81.4 Å². The molecule has 0 saturated carbocycles. The normalized spacial score (nSPS) is 22.9. The molecule has 4 aliphatic heterocycles. The van der Waals surface area contributed by atoms with Crippen LogP contribution in [0.5, 0.6) is 0 Å². The molecule has 8 rings (SSSR count). The van der Waals surface area contributed by atoms with E-state index in [1.165, 1.54) is 27.3 Å². The summed E-state index contributed by atoms with van der Waals surface area (Å²) in [5.41, 5.74) is 9.23. The first-order chi connectivity index (χ1) is 33.0. The molecule has 370 valence electrons. The second-order valence-electron chi connectivity index (χ2n) is 19.8. The van der Waals surface area contributed by atoms with Crippen molar-refractivity contribution in [2.24, 2.45) is 11.3 Å². The van der Waals surface area contributed by atoms with Crippen LogP contribution in [0.3, 0.4) is 0 Å². The van der Waals surface area contributed by atoms with Crippen LogP contribution >= 0.6 is 11.3 Å². The number of pyridine rings is 1. The number of hydrogen-bond donors (Lipinski definition) is 2. The molecule has 0 radical (unpaired) electrons. The zero-order valence-electron chi connectivity index (χ0n) is 41.2. The molecule has 6 bridgehead atoms. The highest BCUT2D eigenvalue weighted by Gasteiger charge is 2.43. The third-order valence-corrected chi connectivity index (χ3v) is 15.0. The maximum Gasteiger partial charge on any atom is 0.324 e. The van der Waals surface area contributed by atoms with Crippen LogP contribution in [0.15, 0.2) is 54.6 Å². The van der Waals surface area contributed by atoms with Crippen molar-refractivity contribution in [3.05, 3.63) is 70.8 Å². The van der Waals surface area contributed by atoms with Crippen molar-refractivity contribution < 1.29 is 38.2 Å². The van der Waals surface area contributed by atoms with Crippen LogP contribution in [0, 0.1) is 11.3 Å². The molecule has 69 heavy (non-hydrogen) atoms. The molecule has 0 aliphatic carbocycles. The Morgan fingerprint density at radius 3 is 2.67 bits per heavy atom. The van der Waals surface area contributed by atoms with Crippen molar-refractivity contribution in [2.75, 3.05) is 53.6 Å². The van der Waals surface area contributed by atoms with E-state index in [1.54, 1.807) is 30.2 Å². The fourth-order valence-corrected chi connectivity index (χ4v) is 11.4. The number of esters is 1. The Hall–Kier alpha value is -5.69. The number of thiazole rings is 1. The number of nitrogens with zero attached hydrogens (tertiary/aromatic N) is 7. The fourth-order valence-electron chi connectivity index (χ4n) is 10.5. The largest absolute Gasteiger partial charge is 0.464 e. The average Bonchev–Trinajstić information content (AvgIpc) is 3.95. The van der Waals surface area contributed by atoms with Crippen molar-refractivity contribution in [3.8, 4) is 22.5 Å². The van der Waals surface area contributed by atoms with Crippen LogP contribution in [-0.4, -0.2) is 148 Å². The topological polar surface area (TPSA) is 181 Å². The van der Waals surface area contributed by atoms with E-state index in [-0.39, 0.29) is 55.7 Å². The average molecular weight is 966 g/mol. The van der Waals surface area contributed by atoms with Gasteiger partial charge in [0.15, 0.2) is 0 Å². The van der Waals surface area contributed by atoms with Crippen molar-refractivity contribution in [3.63, 3.8) is 0 Å². The summed E-state index contributed by atoms with van der Waals surface area (Å²) in [5, 5.41) is 8.11. The number of hydrogen-bond acceptors (Lipinski definition) is 12. The number of amides is 5. The summed E-state index contributed by atoms with van der Waals surface area (Å²) < 4.78 is 20.2. The van der Waals surface area contributed by atoms with Gasteiger partial charge in [0, 0.05) is 92.3 Å². The summed E-state index contributed by atoms with van der Waals surface area (Å²) in [7, 11) is 3.28. The van der Waals surface area contributed by atoms with Gasteiger partial charge in [-0.1, -0.05) is 40.3 Å². The minimum absolute atomic E-state index is 0.0624. The molecule has 3 saturated heterocycles. The number of rotatable bonds is 9. The molecule has 0 spiro atoms. The molecule has 4 aromatic rings. The number of morpholine rings is 1. The van der Waals surface area contributed by atoms with Gasteiger partial charge in [-0.3, -0.25) is 29.2 Å². The Balaban J connectivity index is 1.13. The van der Waals surface area contributed by atoms with Gasteiger partial charge in [-0.25, -0.2) is 15.2 Å². The van der Waals surface area contributed by atoms with E-state index < -0.39 is 41.3 Å². The molecule has 2 N–H and O–H groups in total. The summed E-state index contributed by atoms with van der Waals surface area (Å²) in [6, 6.07) is 6.83. The minimum Gasteiger partial charge on any atom is -0.464 e. The van der Waals surface area contributed by atoms with Gasteiger partial charge in [0.1, 0.15) is 18.1 Å². The lowest BCUT2D eigenvalue weighted by Gasteiger charge is -2.47. The number of nitrogens with one attached hydrogen (secondary N) is 2. The zero-order valence-corrected chi connectivity index (χ0v) is 42.0. The maximum atomic E-state index is 14.7. The maximum absolute atomic E-state index is 14.7. The van der Waals surface area contributed by atoms with Gasteiger partial charge in [0.25, 0.3) is 5.91 Å². The molecule has 17 nitrogen and oxygen atoms in total. The first-order valence-corrected chi connectivity index (χ1v) is 25.1. The quantitative estimate of drug-likeness (QED) is 0.154. The molecule has 18 heteroatoms. The Kier molecular flexibility index (Phi) is 14.9. The second-order valence-corrected chi connectivity index (χ2v) is 20.7. The van der Waals surface area contributed by atoms with E-state index >= 15 is 0 Å². The number of carbonyl (C=O) groups is 5. The summed E-state index contributed by atoms with van der Waals surface area (Å²) >= 11 is 1.40. The van der Waals surface area contributed by atoms with Gasteiger partial charge in [-0.2, -0.15) is 0 Å². The number of carbonyl (C=O) groups excluding carboxylic acids is 5. The number of urea groups is 1. The van der Waals surface area contributed by atoms with Crippen molar-refractivity contribution >= 4 is 52.0 Å². The van der Waals surface area contributed by atoms with Crippen LogP contribution in [0.1, 0.15) is 83.2 Å².